The number of nitrogens with one attached hydrogen (secondary N) is 1. The highest BCUT2D eigenvalue weighted by atomic mass is 35.5. The first-order valence-corrected chi connectivity index (χ1v) is 5.03. The number of amides is 1. The highest BCUT2D eigenvalue weighted by Gasteiger charge is 2.29. The summed E-state index contributed by atoms with van der Waals surface area (Å²) in [5.41, 5.74) is 0.122. The molecule has 0 aromatic heterocycles. The maximum absolute atomic E-state index is 11.8. The van der Waals surface area contributed by atoms with E-state index in [1.54, 1.807) is 0 Å². The fourth-order valence-corrected chi connectivity index (χ4v) is 1.24. The number of anilines is 1. The van der Waals surface area contributed by atoms with E-state index in [0.717, 1.165) is 0 Å². The molecule has 0 fully saturated rings. The van der Waals surface area contributed by atoms with Gasteiger partial charge in [-0.05, 0) is 18.2 Å². The van der Waals surface area contributed by atoms with Crippen LogP contribution in [0.4, 0.5) is 23.7 Å². The Balaban J connectivity index is 2.66. The number of benzene rings is 1. The quantitative estimate of drug-likeness (QED) is 0.924. The van der Waals surface area contributed by atoms with Crippen molar-refractivity contribution in [3.05, 3.63) is 23.2 Å². The lowest BCUT2D eigenvalue weighted by molar-refractivity contribution is -0.159. The van der Waals surface area contributed by atoms with Crippen LogP contribution in [0, 0.1) is 0 Å². The van der Waals surface area contributed by atoms with Crippen LogP contribution in [0.25, 0.3) is 0 Å². The maximum Gasteiger partial charge on any atom is 0.422 e. The van der Waals surface area contributed by atoms with Crippen LogP contribution in [0.1, 0.15) is 0 Å². The predicted octanol–water partition coefficient (Wildman–Crippen LogP) is 3.46. The molecule has 1 aromatic carbocycles. The monoisotopic (exact) mass is 283 g/mol. The van der Waals surface area contributed by atoms with Crippen molar-refractivity contribution in [3.8, 4) is 5.75 Å². The minimum absolute atomic E-state index is 0.122. The van der Waals surface area contributed by atoms with E-state index in [2.05, 4.69) is 10.1 Å². The van der Waals surface area contributed by atoms with Gasteiger partial charge in [-0.15, -0.1) is 0 Å². The summed E-state index contributed by atoms with van der Waals surface area (Å²) in [5, 5.41) is 2.40. The molecular weight excluding hydrogens is 275 g/mol. The normalized spacial score (nSPS) is 10.9. The second kappa shape index (κ2) is 5.81. The summed E-state index contributed by atoms with van der Waals surface area (Å²) in [6.45, 7) is -1.66. The van der Waals surface area contributed by atoms with E-state index in [9.17, 15) is 18.0 Å². The zero-order valence-corrected chi connectivity index (χ0v) is 9.93. The first-order chi connectivity index (χ1) is 8.31. The summed E-state index contributed by atoms with van der Waals surface area (Å²) < 4.78 is 44.3. The van der Waals surface area contributed by atoms with Crippen molar-refractivity contribution < 1.29 is 27.4 Å². The van der Waals surface area contributed by atoms with Crippen LogP contribution < -0.4 is 10.1 Å². The van der Waals surface area contributed by atoms with Crippen LogP contribution in [-0.4, -0.2) is 26.0 Å². The van der Waals surface area contributed by atoms with Gasteiger partial charge in [0, 0.05) is 5.02 Å². The van der Waals surface area contributed by atoms with E-state index in [-0.39, 0.29) is 11.4 Å². The van der Waals surface area contributed by atoms with E-state index in [4.69, 9.17) is 16.3 Å². The van der Waals surface area contributed by atoms with Crippen molar-refractivity contribution in [2.45, 2.75) is 6.18 Å². The van der Waals surface area contributed by atoms with Crippen molar-refractivity contribution >= 4 is 23.4 Å². The molecule has 1 rings (SSSR count). The number of hydrogen-bond acceptors (Lipinski definition) is 3. The van der Waals surface area contributed by atoms with Gasteiger partial charge in [0.2, 0.25) is 0 Å². The van der Waals surface area contributed by atoms with Gasteiger partial charge in [-0.2, -0.15) is 13.2 Å². The van der Waals surface area contributed by atoms with Crippen LogP contribution >= 0.6 is 11.6 Å². The number of alkyl halides is 3. The first-order valence-electron chi connectivity index (χ1n) is 4.66. The molecule has 0 spiro atoms. The molecule has 0 saturated heterocycles. The van der Waals surface area contributed by atoms with Gasteiger partial charge in [-0.25, -0.2) is 4.79 Å². The van der Waals surface area contributed by atoms with E-state index in [1.165, 1.54) is 25.3 Å². The van der Waals surface area contributed by atoms with Gasteiger partial charge in [0.05, 0.1) is 12.8 Å². The second-order valence-corrected chi connectivity index (χ2v) is 3.60. The Morgan fingerprint density at radius 3 is 2.67 bits per heavy atom. The third-order valence-corrected chi connectivity index (χ3v) is 2.00. The fourth-order valence-electron chi connectivity index (χ4n) is 1.07. The fraction of sp³-hybridized carbons (Fsp3) is 0.300. The Kier molecular flexibility index (Phi) is 4.66. The van der Waals surface area contributed by atoms with E-state index >= 15 is 0 Å². The lowest BCUT2D eigenvalue weighted by Gasteiger charge is -2.11. The summed E-state index contributed by atoms with van der Waals surface area (Å²) in [6.07, 6.45) is -5.82. The van der Waals surface area contributed by atoms with Gasteiger partial charge in [0.15, 0.2) is 6.61 Å². The van der Waals surface area contributed by atoms with Crippen molar-refractivity contribution in [1.29, 1.82) is 0 Å². The molecule has 0 aliphatic rings. The van der Waals surface area contributed by atoms with Crippen LogP contribution in [0.2, 0.25) is 5.02 Å². The molecule has 0 aliphatic carbocycles. The third-order valence-electron chi connectivity index (χ3n) is 1.77. The molecule has 1 aromatic rings. The molecule has 0 aliphatic heterocycles. The summed E-state index contributed by atoms with van der Waals surface area (Å²) >= 11 is 5.68. The van der Waals surface area contributed by atoms with Crippen molar-refractivity contribution in [1.82, 2.24) is 0 Å². The van der Waals surface area contributed by atoms with E-state index < -0.39 is 18.9 Å². The number of methoxy groups -OCH3 is 1. The molecule has 100 valence electrons. The summed E-state index contributed by atoms with van der Waals surface area (Å²) in [7, 11) is 1.34. The molecule has 1 amide bonds. The van der Waals surface area contributed by atoms with Crippen LogP contribution in [0.5, 0.6) is 5.75 Å². The minimum Gasteiger partial charge on any atom is -0.495 e. The van der Waals surface area contributed by atoms with Crippen LogP contribution in [0.3, 0.4) is 0 Å². The second-order valence-electron chi connectivity index (χ2n) is 3.16. The van der Waals surface area contributed by atoms with E-state index in [1.807, 2.05) is 0 Å². The molecule has 8 heteroatoms. The highest BCUT2D eigenvalue weighted by molar-refractivity contribution is 6.31. The topological polar surface area (TPSA) is 47.6 Å². The van der Waals surface area contributed by atoms with Crippen LogP contribution in [-0.2, 0) is 4.74 Å². The summed E-state index contributed by atoms with van der Waals surface area (Å²) in [5.74, 6) is 0.253. The third kappa shape index (κ3) is 4.70. The summed E-state index contributed by atoms with van der Waals surface area (Å²) in [6, 6.07) is 4.30. The number of carbonyl (C=O) groups excluding carboxylic acids is 1. The SMILES string of the molecule is COc1ccc(Cl)cc1NC(=O)OCC(F)(F)F. The molecule has 1 N–H and O–H groups in total. The molecular formula is C10H9ClF3NO3. The first kappa shape index (κ1) is 14.4. The van der Waals surface area contributed by atoms with Crippen molar-refractivity contribution in [2.75, 3.05) is 19.0 Å². The van der Waals surface area contributed by atoms with Crippen molar-refractivity contribution in [2.24, 2.45) is 0 Å². The predicted molar refractivity (Wildman–Crippen MR) is 59.0 cm³/mol. The molecule has 4 nitrogen and oxygen atoms in total. The van der Waals surface area contributed by atoms with Gasteiger partial charge < -0.3 is 9.47 Å². The number of rotatable bonds is 3. The lowest BCUT2D eigenvalue weighted by atomic mass is 10.3. The standard InChI is InChI=1S/C10H9ClF3NO3/c1-17-8-3-2-6(11)4-7(8)15-9(16)18-5-10(12,13)14/h2-4H,5H2,1H3,(H,15,16). The average Bonchev–Trinajstić information content (AvgIpc) is 2.26. The lowest BCUT2D eigenvalue weighted by Crippen LogP contribution is -2.23. The Hall–Kier alpha value is -1.63. The molecule has 0 atom stereocenters. The molecule has 0 heterocycles. The largest absolute Gasteiger partial charge is 0.495 e. The van der Waals surface area contributed by atoms with E-state index in [0.29, 0.717) is 5.02 Å². The maximum atomic E-state index is 11.8. The molecule has 0 radical (unpaired) electrons. The Morgan fingerprint density at radius 1 is 1.44 bits per heavy atom. The molecule has 0 bridgehead atoms. The van der Waals surface area contributed by atoms with Crippen LogP contribution in [0.15, 0.2) is 18.2 Å². The number of hydrogen-bond donors (Lipinski definition) is 1. The van der Waals surface area contributed by atoms with Gasteiger partial charge in [-0.3, -0.25) is 5.32 Å². The number of carbonyl (C=O) groups is 1. The zero-order valence-electron chi connectivity index (χ0n) is 9.18. The Bertz CT molecular complexity index is 437. The van der Waals surface area contributed by atoms with Gasteiger partial charge >= 0.3 is 12.3 Å². The zero-order chi connectivity index (χ0) is 13.8. The summed E-state index contributed by atoms with van der Waals surface area (Å²) in [4.78, 5) is 11.1. The van der Waals surface area contributed by atoms with Crippen molar-refractivity contribution in [3.63, 3.8) is 0 Å². The Labute approximate surface area is 106 Å². The number of ether oxygens (including phenoxy) is 2. The van der Waals surface area contributed by atoms with Gasteiger partial charge in [-0.1, -0.05) is 11.6 Å². The number of halogens is 4. The highest BCUT2D eigenvalue weighted by Crippen LogP contribution is 2.27. The smallest absolute Gasteiger partial charge is 0.422 e. The van der Waals surface area contributed by atoms with Gasteiger partial charge in [0.25, 0.3) is 0 Å². The molecule has 0 unspecified atom stereocenters. The Morgan fingerprint density at radius 2 is 2.11 bits per heavy atom. The van der Waals surface area contributed by atoms with Gasteiger partial charge in [0.1, 0.15) is 5.75 Å². The molecule has 18 heavy (non-hydrogen) atoms. The average molecular weight is 284 g/mol. The minimum atomic E-state index is -4.57. The molecule has 0 saturated carbocycles.